The third-order valence-electron chi connectivity index (χ3n) is 5.61. The van der Waals surface area contributed by atoms with Gasteiger partial charge >= 0.3 is 0 Å². The van der Waals surface area contributed by atoms with E-state index in [1.807, 2.05) is 16.9 Å². The van der Waals surface area contributed by atoms with E-state index in [4.69, 9.17) is 22.1 Å². The van der Waals surface area contributed by atoms with Gasteiger partial charge in [0.1, 0.15) is 5.82 Å². The number of piperidine rings is 1. The highest BCUT2D eigenvalue weighted by Crippen LogP contribution is 2.44. The van der Waals surface area contributed by atoms with Crippen molar-refractivity contribution < 1.29 is 4.74 Å². The average molecular weight is 390 g/mol. The van der Waals surface area contributed by atoms with Crippen LogP contribution in [0.5, 0.6) is 0 Å². The number of halogens is 1. The summed E-state index contributed by atoms with van der Waals surface area (Å²) in [5.41, 5.74) is 7.37. The quantitative estimate of drug-likeness (QED) is 0.821. The SMILES string of the molecule is COCCN1CC2CC2C1.Nc1ncc(-c2ccn(CC3CC3)n2)cc1Cl. The van der Waals surface area contributed by atoms with Crippen molar-refractivity contribution in [3.05, 3.63) is 29.5 Å². The summed E-state index contributed by atoms with van der Waals surface area (Å²) in [6.07, 6.45) is 7.85. The Kier molecular flexibility index (Phi) is 5.66. The molecule has 27 heavy (non-hydrogen) atoms. The first-order chi connectivity index (χ1) is 13.1. The number of nitrogens with two attached hydrogens (primary N) is 1. The minimum absolute atomic E-state index is 0.354. The Labute approximate surface area is 165 Å². The number of hydrogen-bond acceptors (Lipinski definition) is 5. The molecule has 2 aromatic heterocycles. The summed E-state index contributed by atoms with van der Waals surface area (Å²) < 4.78 is 7.00. The molecule has 5 rings (SSSR count). The number of likely N-dealkylation sites (tertiary alicyclic amines) is 1. The molecule has 0 radical (unpaired) electrons. The zero-order chi connectivity index (χ0) is 18.8. The Hall–Kier alpha value is -1.63. The van der Waals surface area contributed by atoms with Crippen molar-refractivity contribution in [3.8, 4) is 11.3 Å². The molecule has 2 atom stereocenters. The predicted octanol–water partition coefficient (Wildman–Crippen LogP) is 3.18. The summed E-state index contributed by atoms with van der Waals surface area (Å²) >= 11 is 5.94. The minimum atomic E-state index is 0.354. The fourth-order valence-corrected chi connectivity index (χ4v) is 3.84. The first-order valence-electron chi connectivity index (χ1n) is 9.78. The second kappa shape index (κ2) is 8.17. The standard InChI is InChI=1S/C12H13ClN4.C8H15NO/c13-10-5-9(6-15-12(10)14)11-3-4-17(16-11)7-8-1-2-8;1-10-3-2-9-5-7-4-8(7)6-9/h3-6,8H,1-2,7H2,(H2,14,15);7-8H,2-6H2,1H3. The van der Waals surface area contributed by atoms with Crippen molar-refractivity contribution in [2.75, 3.05) is 39.1 Å². The van der Waals surface area contributed by atoms with Gasteiger partial charge in [-0.1, -0.05) is 11.6 Å². The van der Waals surface area contributed by atoms with Gasteiger partial charge in [0.15, 0.2) is 0 Å². The van der Waals surface area contributed by atoms with Crippen LogP contribution in [0.25, 0.3) is 11.3 Å². The third kappa shape index (κ3) is 5.00. The first-order valence-corrected chi connectivity index (χ1v) is 10.2. The number of ether oxygens (including phenoxy) is 1. The largest absolute Gasteiger partial charge is 0.383 e. The van der Waals surface area contributed by atoms with Crippen LogP contribution in [0.1, 0.15) is 19.3 Å². The topological polar surface area (TPSA) is 69.2 Å². The Morgan fingerprint density at radius 3 is 2.74 bits per heavy atom. The fraction of sp³-hybridized carbons (Fsp3) is 0.600. The van der Waals surface area contributed by atoms with Gasteiger partial charge in [0.05, 0.1) is 17.3 Å². The molecular formula is C20H28ClN5O. The molecule has 2 aromatic rings. The van der Waals surface area contributed by atoms with Crippen LogP contribution in [0.15, 0.2) is 24.5 Å². The van der Waals surface area contributed by atoms with E-state index in [-0.39, 0.29) is 0 Å². The van der Waals surface area contributed by atoms with Crippen molar-refractivity contribution in [2.45, 2.75) is 25.8 Å². The summed E-state index contributed by atoms with van der Waals surface area (Å²) in [5, 5.41) is 4.98. The van der Waals surface area contributed by atoms with Crippen molar-refractivity contribution >= 4 is 17.4 Å². The molecule has 0 aromatic carbocycles. The monoisotopic (exact) mass is 389 g/mol. The Morgan fingerprint density at radius 1 is 1.30 bits per heavy atom. The summed E-state index contributed by atoms with van der Waals surface area (Å²) in [6.45, 7) is 5.74. The maximum absolute atomic E-state index is 5.94. The number of fused-ring (bicyclic) bond motifs is 1. The molecule has 1 saturated heterocycles. The smallest absolute Gasteiger partial charge is 0.142 e. The average Bonchev–Trinajstić information content (AvgIpc) is 3.53. The van der Waals surface area contributed by atoms with Gasteiger partial charge in [-0.05, 0) is 49.1 Å². The van der Waals surface area contributed by atoms with Gasteiger partial charge in [-0.2, -0.15) is 5.10 Å². The highest BCUT2D eigenvalue weighted by atomic mass is 35.5. The fourth-order valence-electron chi connectivity index (χ4n) is 3.67. The predicted molar refractivity (Wildman–Crippen MR) is 108 cm³/mol. The number of methoxy groups -OCH3 is 1. The van der Waals surface area contributed by atoms with Gasteiger partial charge in [0, 0.05) is 51.2 Å². The molecule has 2 N–H and O–H groups in total. The highest BCUT2D eigenvalue weighted by molar-refractivity contribution is 6.33. The molecule has 6 nitrogen and oxygen atoms in total. The van der Waals surface area contributed by atoms with E-state index in [1.54, 1.807) is 19.4 Å². The van der Waals surface area contributed by atoms with Crippen molar-refractivity contribution in [1.29, 1.82) is 0 Å². The van der Waals surface area contributed by atoms with E-state index in [9.17, 15) is 0 Å². The maximum Gasteiger partial charge on any atom is 0.142 e. The Morgan fingerprint density at radius 2 is 2.07 bits per heavy atom. The summed E-state index contributed by atoms with van der Waals surface area (Å²) in [7, 11) is 1.77. The summed E-state index contributed by atoms with van der Waals surface area (Å²) in [5.74, 6) is 3.30. The van der Waals surface area contributed by atoms with Crippen LogP contribution in [0.3, 0.4) is 0 Å². The summed E-state index contributed by atoms with van der Waals surface area (Å²) in [6, 6.07) is 3.78. The van der Waals surface area contributed by atoms with Crippen LogP contribution in [0.2, 0.25) is 5.02 Å². The normalized spacial score (nSPS) is 23.6. The minimum Gasteiger partial charge on any atom is -0.383 e. The van der Waals surface area contributed by atoms with Crippen LogP contribution in [0, 0.1) is 17.8 Å². The van der Waals surface area contributed by atoms with Crippen molar-refractivity contribution in [1.82, 2.24) is 19.7 Å². The number of aromatic nitrogens is 3. The number of pyridine rings is 1. The van der Waals surface area contributed by atoms with Crippen molar-refractivity contribution in [2.24, 2.45) is 17.8 Å². The molecule has 0 bridgehead atoms. The molecule has 2 aliphatic carbocycles. The van der Waals surface area contributed by atoms with E-state index in [0.29, 0.717) is 10.8 Å². The zero-order valence-corrected chi connectivity index (χ0v) is 16.6. The molecule has 1 aliphatic heterocycles. The molecule has 2 unspecified atom stereocenters. The third-order valence-corrected chi connectivity index (χ3v) is 5.92. The lowest BCUT2D eigenvalue weighted by Gasteiger charge is -2.15. The Bertz CT molecular complexity index is 765. The zero-order valence-electron chi connectivity index (χ0n) is 15.9. The highest BCUT2D eigenvalue weighted by Gasteiger charge is 2.44. The molecule has 0 amide bonds. The molecule has 2 saturated carbocycles. The van der Waals surface area contributed by atoms with Crippen molar-refractivity contribution in [3.63, 3.8) is 0 Å². The van der Waals surface area contributed by atoms with Crippen LogP contribution >= 0.6 is 11.6 Å². The van der Waals surface area contributed by atoms with E-state index in [2.05, 4.69) is 15.0 Å². The van der Waals surface area contributed by atoms with Gasteiger partial charge in [0.2, 0.25) is 0 Å². The maximum atomic E-state index is 5.94. The Balaban J connectivity index is 0.000000153. The van der Waals surface area contributed by atoms with E-state index in [1.165, 1.54) is 32.4 Å². The van der Waals surface area contributed by atoms with Crippen LogP contribution in [-0.2, 0) is 11.3 Å². The van der Waals surface area contributed by atoms with E-state index in [0.717, 1.165) is 48.7 Å². The second-order valence-corrected chi connectivity index (χ2v) is 8.37. The number of nitrogens with zero attached hydrogens (tertiary/aromatic N) is 4. The molecule has 3 heterocycles. The molecule has 0 spiro atoms. The second-order valence-electron chi connectivity index (χ2n) is 7.97. The molecule has 3 aliphatic rings. The molecule has 3 fully saturated rings. The van der Waals surface area contributed by atoms with Crippen LogP contribution in [0.4, 0.5) is 5.82 Å². The lowest BCUT2D eigenvalue weighted by atomic mass is 10.2. The van der Waals surface area contributed by atoms with Crippen LogP contribution in [-0.4, -0.2) is 53.0 Å². The molecular weight excluding hydrogens is 362 g/mol. The van der Waals surface area contributed by atoms with Gasteiger partial charge in [-0.15, -0.1) is 0 Å². The van der Waals surface area contributed by atoms with Gasteiger partial charge < -0.3 is 15.4 Å². The summed E-state index contributed by atoms with van der Waals surface area (Å²) in [4.78, 5) is 6.55. The lowest BCUT2D eigenvalue weighted by molar-refractivity contribution is 0.155. The number of hydrogen-bond donors (Lipinski definition) is 1. The molecule has 7 heteroatoms. The first kappa shape index (κ1) is 18.7. The van der Waals surface area contributed by atoms with Gasteiger partial charge in [0.25, 0.3) is 0 Å². The van der Waals surface area contributed by atoms with Gasteiger partial charge in [-0.25, -0.2) is 4.98 Å². The lowest BCUT2D eigenvalue weighted by Crippen LogP contribution is -2.26. The van der Waals surface area contributed by atoms with Gasteiger partial charge in [-0.3, -0.25) is 4.68 Å². The number of anilines is 1. The molecule has 146 valence electrons. The van der Waals surface area contributed by atoms with E-state index >= 15 is 0 Å². The van der Waals surface area contributed by atoms with Crippen LogP contribution < -0.4 is 5.73 Å². The number of rotatable bonds is 6. The van der Waals surface area contributed by atoms with E-state index < -0.39 is 0 Å². The number of nitrogen functional groups attached to an aromatic ring is 1.